The predicted molar refractivity (Wildman–Crippen MR) is 75.8 cm³/mol. The molecule has 108 valence electrons. The topological polar surface area (TPSA) is 68.2 Å². The van der Waals surface area contributed by atoms with Crippen molar-refractivity contribution < 1.29 is 9.53 Å². The molecule has 0 bridgehead atoms. The molecule has 0 atom stereocenters. The lowest BCUT2D eigenvalue weighted by molar-refractivity contribution is 0.0587. The fourth-order valence-corrected chi connectivity index (χ4v) is 2.37. The largest absolute Gasteiger partial charge is 0.474 e. The molecule has 1 aliphatic rings. The van der Waals surface area contributed by atoms with Gasteiger partial charge in [0.15, 0.2) is 0 Å². The van der Waals surface area contributed by atoms with Crippen LogP contribution in [0.3, 0.4) is 0 Å². The summed E-state index contributed by atoms with van der Waals surface area (Å²) in [5.74, 6) is 0.641. The van der Waals surface area contributed by atoms with E-state index in [2.05, 4.69) is 15.0 Å². The fourth-order valence-electron chi connectivity index (χ4n) is 2.37. The summed E-state index contributed by atoms with van der Waals surface area (Å²) in [6, 6.07) is 5.23. The van der Waals surface area contributed by atoms with Gasteiger partial charge in [0.2, 0.25) is 5.88 Å². The predicted octanol–water partition coefficient (Wildman–Crippen LogP) is 1.56. The maximum atomic E-state index is 12.3. The van der Waals surface area contributed by atoms with Gasteiger partial charge in [-0.3, -0.25) is 9.78 Å². The molecular formula is C15H16N4O2. The Kier molecular flexibility index (Phi) is 4.04. The first-order valence-electron chi connectivity index (χ1n) is 6.95. The van der Waals surface area contributed by atoms with Crippen molar-refractivity contribution in [1.29, 1.82) is 0 Å². The smallest absolute Gasteiger partial charge is 0.253 e. The third-order valence-corrected chi connectivity index (χ3v) is 3.50. The van der Waals surface area contributed by atoms with E-state index in [-0.39, 0.29) is 12.0 Å². The van der Waals surface area contributed by atoms with Gasteiger partial charge in [0.05, 0.1) is 0 Å². The Balaban J connectivity index is 1.54. The zero-order valence-corrected chi connectivity index (χ0v) is 11.6. The Hall–Kier alpha value is -2.50. The van der Waals surface area contributed by atoms with Gasteiger partial charge >= 0.3 is 0 Å². The highest BCUT2D eigenvalue weighted by Gasteiger charge is 2.24. The van der Waals surface area contributed by atoms with Crippen LogP contribution in [0.1, 0.15) is 23.2 Å². The van der Waals surface area contributed by atoms with Gasteiger partial charge in [-0.05, 0) is 12.1 Å². The monoisotopic (exact) mass is 284 g/mol. The molecule has 0 aliphatic carbocycles. The van der Waals surface area contributed by atoms with E-state index >= 15 is 0 Å². The molecule has 0 N–H and O–H groups in total. The molecule has 6 heteroatoms. The molecule has 0 aromatic carbocycles. The van der Waals surface area contributed by atoms with Crippen LogP contribution in [0.2, 0.25) is 0 Å². The van der Waals surface area contributed by atoms with E-state index in [1.54, 1.807) is 36.8 Å². The molecule has 1 amide bonds. The van der Waals surface area contributed by atoms with Gasteiger partial charge in [-0.1, -0.05) is 0 Å². The van der Waals surface area contributed by atoms with Gasteiger partial charge < -0.3 is 9.64 Å². The normalized spacial score (nSPS) is 15.7. The fraction of sp³-hybridized carbons (Fsp3) is 0.333. The first kappa shape index (κ1) is 13.5. The second kappa shape index (κ2) is 6.30. The standard InChI is InChI=1S/C15H16N4O2/c20-15(12-1-6-16-7-2-12)19-9-4-13(5-10-19)21-14-3-8-17-11-18-14/h1-3,6-8,11,13H,4-5,9-10H2. The summed E-state index contributed by atoms with van der Waals surface area (Å²) >= 11 is 0. The Morgan fingerprint density at radius 1 is 1.10 bits per heavy atom. The molecule has 6 nitrogen and oxygen atoms in total. The molecule has 1 fully saturated rings. The lowest BCUT2D eigenvalue weighted by Crippen LogP contribution is -2.41. The number of pyridine rings is 1. The first-order chi connectivity index (χ1) is 10.3. The van der Waals surface area contributed by atoms with Crippen LogP contribution in [0.4, 0.5) is 0 Å². The number of carbonyl (C=O) groups excluding carboxylic acids is 1. The van der Waals surface area contributed by atoms with E-state index in [1.807, 2.05) is 4.90 Å². The van der Waals surface area contributed by atoms with Crippen LogP contribution < -0.4 is 4.74 Å². The van der Waals surface area contributed by atoms with E-state index in [4.69, 9.17) is 4.74 Å². The number of nitrogens with zero attached hydrogens (tertiary/aromatic N) is 4. The van der Waals surface area contributed by atoms with Crippen molar-refractivity contribution >= 4 is 5.91 Å². The first-order valence-corrected chi connectivity index (χ1v) is 6.95. The number of piperidine rings is 1. The number of carbonyl (C=O) groups is 1. The van der Waals surface area contributed by atoms with Crippen molar-refractivity contribution in [2.24, 2.45) is 0 Å². The lowest BCUT2D eigenvalue weighted by Gasteiger charge is -2.31. The molecular weight excluding hydrogens is 268 g/mol. The number of rotatable bonds is 3. The van der Waals surface area contributed by atoms with Crippen LogP contribution in [-0.2, 0) is 0 Å². The van der Waals surface area contributed by atoms with E-state index in [0.29, 0.717) is 24.5 Å². The van der Waals surface area contributed by atoms with Crippen LogP contribution >= 0.6 is 0 Å². The highest BCUT2D eigenvalue weighted by Crippen LogP contribution is 2.18. The Bertz CT molecular complexity index is 583. The summed E-state index contributed by atoms with van der Waals surface area (Å²) in [5.41, 5.74) is 0.681. The average Bonchev–Trinajstić information content (AvgIpc) is 2.57. The maximum Gasteiger partial charge on any atom is 0.253 e. The molecule has 3 rings (SSSR count). The van der Waals surface area contributed by atoms with E-state index in [9.17, 15) is 4.79 Å². The molecule has 0 radical (unpaired) electrons. The quantitative estimate of drug-likeness (QED) is 0.855. The molecule has 1 aliphatic heterocycles. The number of hydrogen-bond acceptors (Lipinski definition) is 5. The van der Waals surface area contributed by atoms with Crippen LogP contribution in [0.15, 0.2) is 43.1 Å². The van der Waals surface area contributed by atoms with Gasteiger partial charge in [0, 0.05) is 56.2 Å². The molecule has 0 unspecified atom stereocenters. The van der Waals surface area contributed by atoms with Crippen LogP contribution in [-0.4, -0.2) is 45.0 Å². The molecule has 1 saturated heterocycles. The lowest BCUT2D eigenvalue weighted by atomic mass is 10.1. The molecule has 3 heterocycles. The minimum absolute atomic E-state index is 0.0536. The molecule has 2 aromatic rings. The highest BCUT2D eigenvalue weighted by atomic mass is 16.5. The third kappa shape index (κ3) is 3.34. The Morgan fingerprint density at radius 2 is 1.81 bits per heavy atom. The van der Waals surface area contributed by atoms with Gasteiger partial charge in [0.1, 0.15) is 12.4 Å². The number of likely N-dealkylation sites (tertiary alicyclic amines) is 1. The van der Waals surface area contributed by atoms with Crippen molar-refractivity contribution in [3.63, 3.8) is 0 Å². The highest BCUT2D eigenvalue weighted by molar-refractivity contribution is 5.94. The summed E-state index contributed by atoms with van der Waals surface area (Å²) in [5, 5.41) is 0. The second-order valence-electron chi connectivity index (χ2n) is 4.89. The molecule has 0 saturated carbocycles. The summed E-state index contributed by atoms with van der Waals surface area (Å²) in [6.45, 7) is 1.38. The van der Waals surface area contributed by atoms with Gasteiger partial charge in [0.25, 0.3) is 5.91 Å². The molecule has 2 aromatic heterocycles. The van der Waals surface area contributed by atoms with Crippen molar-refractivity contribution in [2.75, 3.05) is 13.1 Å². The zero-order chi connectivity index (χ0) is 14.5. The SMILES string of the molecule is O=C(c1ccncc1)N1CCC(Oc2ccncn2)CC1. The molecule has 21 heavy (non-hydrogen) atoms. The van der Waals surface area contributed by atoms with Crippen molar-refractivity contribution in [3.05, 3.63) is 48.7 Å². The van der Waals surface area contributed by atoms with Crippen molar-refractivity contribution in [3.8, 4) is 5.88 Å². The van der Waals surface area contributed by atoms with Crippen molar-refractivity contribution in [2.45, 2.75) is 18.9 Å². The minimum atomic E-state index is 0.0536. The maximum absolute atomic E-state index is 12.3. The third-order valence-electron chi connectivity index (χ3n) is 3.50. The van der Waals surface area contributed by atoms with Gasteiger partial charge in [-0.2, -0.15) is 0 Å². The summed E-state index contributed by atoms with van der Waals surface area (Å²) < 4.78 is 5.79. The average molecular weight is 284 g/mol. The zero-order valence-electron chi connectivity index (χ0n) is 11.6. The number of aromatic nitrogens is 3. The Morgan fingerprint density at radius 3 is 2.48 bits per heavy atom. The number of ether oxygens (including phenoxy) is 1. The Labute approximate surface area is 122 Å². The van der Waals surface area contributed by atoms with Crippen LogP contribution in [0, 0.1) is 0 Å². The van der Waals surface area contributed by atoms with Crippen molar-refractivity contribution in [1.82, 2.24) is 19.9 Å². The number of amides is 1. The minimum Gasteiger partial charge on any atom is -0.474 e. The van der Waals surface area contributed by atoms with Gasteiger partial charge in [-0.15, -0.1) is 0 Å². The van der Waals surface area contributed by atoms with E-state index in [1.165, 1.54) is 6.33 Å². The summed E-state index contributed by atoms with van der Waals surface area (Å²) in [4.78, 5) is 26.0. The summed E-state index contributed by atoms with van der Waals surface area (Å²) in [6.07, 6.45) is 8.11. The van der Waals surface area contributed by atoms with E-state index < -0.39 is 0 Å². The summed E-state index contributed by atoms with van der Waals surface area (Å²) in [7, 11) is 0. The van der Waals surface area contributed by atoms with Crippen LogP contribution in [0.25, 0.3) is 0 Å². The van der Waals surface area contributed by atoms with Gasteiger partial charge in [-0.25, -0.2) is 9.97 Å². The van der Waals surface area contributed by atoms with E-state index in [0.717, 1.165) is 12.8 Å². The van der Waals surface area contributed by atoms with Crippen LogP contribution in [0.5, 0.6) is 5.88 Å². The second-order valence-corrected chi connectivity index (χ2v) is 4.89. The number of hydrogen-bond donors (Lipinski definition) is 0. The molecule has 0 spiro atoms.